The first kappa shape index (κ1) is 15.2. The maximum atomic E-state index is 12.0. The Kier molecular flexibility index (Phi) is 4.73. The Labute approximate surface area is 124 Å². The molecule has 0 unspecified atom stereocenters. The molecule has 0 aliphatic carbocycles. The molecule has 1 aromatic carbocycles. The first-order valence-electron chi connectivity index (χ1n) is 7.29. The van der Waals surface area contributed by atoms with Gasteiger partial charge in [-0.05, 0) is 31.2 Å². The van der Waals surface area contributed by atoms with Crippen LogP contribution in [0.5, 0.6) is 0 Å². The van der Waals surface area contributed by atoms with Gasteiger partial charge in [-0.15, -0.1) is 0 Å². The summed E-state index contributed by atoms with van der Waals surface area (Å²) in [5.74, 6) is -0.947. The standard InChI is InChI=1S/C16H20N2O3/c1-2-16(13(19)17-15(21)18-14(16)20)11-7-6-10-12-8-4-3-5-9-12/h3-5,8-9H,2,6-7,10-11H2,1H3,(H2,17,18,19,20,21). The van der Waals surface area contributed by atoms with Crippen LogP contribution < -0.4 is 10.6 Å². The minimum absolute atomic E-state index is 0.392. The number of unbranched alkanes of at least 4 members (excludes halogenated alkanes) is 1. The van der Waals surface area contributed by atoms with Crippen LogP contribution in [-0.4, -0.2) is 17.8 Å². The summed E-state index contributed by atoms with van der Waals surface area (Å²) in [5, 5.41) is 4.40. The SMILES string of the molecule is CCC1(CCCCc2ccccc2)C(=O)NC(=O)NC1=O. The van der Waals surface area contributed by atoms with E-state index in [4.69, 9.17) is 0 Å². The van der Waals surface area contributed by atoms with E-state index in [-0.39, 0.29) is 0 Å². The fourth-order valence-corrected chi connectivity index (χ4v) is 2.71. The average molecular weight is 288 g/mol. The van der Waals surface area contributed by atoms with Crippen LogP contribution in [0, 0.1) is 5.41 Å². The quantitative estimate of drug-likeness (QED) is 0.622. The molecule has 1 aliphatic rings. The van der Waals surface area contributed by atoms with Crippen molar-refractivity contribution in [3.63, 3.8) is 0 Å². The van der Waals surface area contributed by atoms with Gasteiger partial charge in [0.05, 0.1) is 0 Å². The van der Waals surface area contributed by atoms with Crippen molar-refractivity contribution in [3.8, 4) is 0 Å². The molecule has 21 heavy (non-hydrogen) atoms. The molecule has 0 atom stereocenters. The molecule has 0 radical (unpaired) electrons. The molecular formula is C16H20N2O3. The predicted octanol–water partition coefficient (Wildman–Crippen LogP) is 2.16. The van der Waals surface area contributed by atoms with Gasteiger partial charge in [0.25, 0.3) is 0 Å². The summed E-state index contributed by atoms with van der Waals surface area (Å²) in [4.78, 5) is 35.2. The lowest BCUT2D eigenvalue weighted by atomic mass is 9.77. The molecule has 1 aromatic rings. The normalized spacial score (nSPS) is 17.3. The Bertz CT molecular complexity index is 520. The van der Waals surface area contributed by atoms with Crippen molar-refractivity contribution < 1.29 is 14.4 Å². The number of urea groups is 1. The van der Waals surface area contributed by atoms with E-state index in [2.05, 4.69) is 22.8 Å². The van der Waals surface area contributed by atoms with Gasteiger partial charge < -0.3 is 0 Å². The van der Waals surface area contributed by atoms with E-state index in [1.807, 2.05) is 18.2 Å². The van der Waals surface area contributed by atoms with Crippen LogP contribution in [0.15, 0.2) is 30.3 Å². The van der Waals surface area contributed by atoms with E-state index in [1.54, 1.807) is 6.92 Å². The Morgan fingerprint density at radius 3 is 2.14 bits per heavy atom. The molecule has 0 aromatic heterocycles. The van der Waals surface area contributed by atoms with Crippen LogP contribution in [0.4, 0.5) is 4.79 Å². The fraction of sp³-hybridized carbons (Fsp3) is 0.438. The molecule has 5 heteroatoms. The number of aryl methyl sites for hydroxylation is 1. The number of carbonyl (C=O) groups excluding carboxylic acids is 3. The summed E-state index contributed by atoms with van der Waals surface area (Å²) in [6, 6.07) is 9.37. The van der Waals surface area contributed by atoms with Gasteiger partial charge in [0, 0.05) is 0 Å². The minimum Gasteiger partial charge on any atom is -0.277 e. The number of rotatable bonds is 6. The zero-order chi connectivity index (χ0) is 15.3. The van der Waals surface area contributed by atoms with Crippen molar-refractivity contribution in [2.24, 2.45) is 5.41 Å². The number of amides is 4. The number of barbiturate groups is 1. The number of carbonyl (C=O) groups is 3. The van der Waals surface area contributed by atoms with Crippen molar-refractivity contribution in [2.45, 2.75) is 39.0 Å². The molecule has 1 aliphatic heterocycles. The minimum atomic E-state index is -1.11. The summed E-state index contributed by atoms with van der Waals surface area (Å²) >= 11 is 0. The van der Waals surface area contributed by atoms with Gasteiger partial charge in [-0.2, -0.15) is 0 Å². The van der Waals surface area contributed by atoms with E-state index in [9.17, 15) is 14.4 Å². The highest BCUT2D eigenvalue weighted by Gasteiger charge is 2.48. The van der Waals surface area contributed by atoms with Crippen molar-refractivity contribution in [1.29, 1.82) is 0 Å². The van der Waals surface area contributed by atoms with E-state index >= 15 is 0 Å². The van der Waals surface area contributed by atoms with Crippen molar-refractivity contribution in [3.05, 3.63) is 35.9 Å². The number of benzene rings is 1. The second-order valence-corrected chi connectivity index (χ2v) is 5.37. The van der Waals surface area contributed by atoms with Crippen LogP contribution in [-0.2, 0) is 16.0 Å². The van der Waals surface area contributed by atoms with Gasteiger partial charge in [-0.3, -0.25) is 20.2 Å². The van der Waals surface area contributed by atoms with Gasteiger partial charge in [-0.25, -0.2) is 4.79 Å². The third-order valence-electron chi connectivity index (χ3n) is 4.09. The fourth-order valence-electron chi connectivity index (χ4n) is 2.71. The van der Waals surface area contributed by atoms with Crippen molar-refractivity contribution in [1.82, 2.24) is 10.6 Å². The number of imide groups is 2. The van der Waals surface area contributed by atoms with Crippen LogP contribution in [0.25, 0.3) is 0 Å². The zero-order valence-corrected chi connectivity index (χ0v) is 12.1. The third-order valence-corrected chi connectivity index (χ3v) is 4.09. The smallest absolute Gasteiger partial charge is 0.277 e. The van der Waals surface area contributed by atoms with Gasteiger partial charge in [0.1, 0.15) is 5.41 Å². The lowest BCUT2D eigenvalue weighted by Crippen LogP contribution is -2.62. The van der Waals surface area contributed by atoms with E-state index in [0.29, 0.717) is 12.8 Å². The maximum Gasteiger partial charge on any atom is 0.328 e. The molecule has 2 N–H and O–H groups in total. The van der Waals surface area contributed by atoms with E-state index in [1.165, 1.54) is 5.56 Å². The molecule has 0 spiro atoms. The van der Waals surface area contributed by atoms with Crippen LogP contribution in [0.1, 0.15) is 38.2 Å². The molecular weight excluding hydrogens is 268 g/mol. The second-order valence-electron chi connectivity index (χ2n) is 5.37. The Hall–Kier alpha value is -2.17. The molecule has 0 bridgehead atoms. The third kappa shape index (κ3) is 3.29. The molecule has 4 amide bonds. The lowest BCUT2D eigenvalue weighted by Gasteiger charge is -2.33. The molecule has 2 rings (SSSR count). The van der Waals surface area contributed by atoms with Crippen molar-refractivity contribution >= 4 is 17.8 Å². The van der Waals surface area contributed by atoms with Crippen LogP contribution in [0.2, 0.25) is 0 Å². The van der Waals surface area contributed by atoms with E-state index in [0.717, 1.165) is 19.3 Å². The molecule has 1 saturated heterocycles. The number of hydrogen-bond donors (Lipinski definition) is 2. The zero-order valence-electron chi connectivity index (χ0n) is 12.1. The van der Waals surface area contributed by atoms with Gasteiger partial charge >= 0.3 is 6.03 Å². The summed E-state index contributed by atoms with van der Waals surface area (Å²) in [6.07, 6.45) is 3.44. The Morgan fingerprint density at radius 2 is 1.57 bits per heavy atom. The summed E-state index contributed by atoms with van der Waals surface area (Å²) in [5.41, 5.74) is 0.140. The first-order chi connectivity index (χ1) is 10.1. The average Bonchev–Trinajstić information content (AvgIpc) is 2.47. The van der Waals surface area contributed by atoms with Gasteiger partial charge in [-0.1, -0.05) is 43.7 Å². The summed E-state index contributed by atoms with van der Waals surface area (Å²) in [7, 11) is 0. The topological polar surface area (TPSA) is 75.3 Å². The maximum absolute atomic E-state index is 12.0. The number of nitrogens with one attached hydrogen (secondary N) is 2. The lowest BCUT2D eigenvalue weighted by molar-refractivity contribution is -0.145. The highest BCUT2D eigenvalue weighted by Crippen LogP contribution is 2.31. The molecule has 0 saturated carbocycles. The highest BCUT2D eigenvalue weighted by molar-refractivity contribution is 6.19. The molecule has 1 heterocycles. The molecule has 112 valence electrons. The van der Waals surface area contributed by atoms with E-state index < -0.39 is 23.3 Å². The Morgan fingerprint density at radius 1 is 0.952 bits per heavy atom. The van der Waals surface area contributed by atoms with Crippen molar-refractivity contribution in [2.75, 3.05) is 0 Å². The van der Waals surface area contributed by atoms with Crippen LogP contribution in [0.3, 0.4) is 0 Å². The second kappa shape index (κ2) is 6.52. The largest absolute Gasteiger partial charge is 0.328 e. The molecule has 1 fully saturated rings. The monoisotopic (exact) mass is 288 g/mol. The first-order valence-corrected chi connectivity index (χ1v) is 7.29. The van der Waals surface area contributed by atoms with Gasteiger partial charge in [0.15, 0.2) is 0 Å². The Balaban J connectivity index is 1.91. The molecule has 5 nitrogen and oxygen atoms in total. The van der Waals surface area contributed by atoms with Gasteiger partial charge in [0.2, 0.25) is 11.8 Å². The predicted molar refractivity (Wildman–Crippen MR) is 78.4 cm³/mol. The number of hydrogen-bond acceptors (Lipinski definition) is 3. The van der Waals surface area contributed by atoms with Crippen LogP contribution >= 0.6 is 0 Å². The highest BCUT2D eigenvalue weighted by atomic mass is 16.2. The summed E-state index contributed by atoms with van der Waals surface area (Å²) < 4.78 is 0. The summed E-state index contributed by atoms with van der Waals surface area (Å²) in [6.45, 7) is 1.80.